The number of fused-ring (bicyclic) bond motifs is 1. The molecule has 0 amide bonds. The molecule has 0 spiro atoms. The lowest BCUT2D eigenvalue weighted by molar-refractivity contribution is -0.274. The van der Waals surface area contributed by atoms with Crippen LogP contribution in [0.1, 0.15) is 39.7 Å². The number of benzene rings is 3. The van der Waals surface area contributed by atoms with Gasteiger partial charge in [-0.25, -0.2) is 4.79 Å². The first-order chi connectivity index (χ1) is 18.4. The molecule has 0 bridgehead atoms. The number of ketones is 1. The lowest BCUT2D eigenvalue weighted by Gasteiger charge is -2.14. The minimum atomic E-state index is -4.88. The summed E-state index contributed by atoms with van der Waals surface area (Å²) < 4.78 is 55.5. The highest BCUT2D eigenvalue weighted by Gasteiger charge is 2.32. The molecule has 1 heterocycles. The number of carboxylic acid groups (broad SMARTS) is 1. The minimum Gasteiger partial charge on any atom is -0.497 e. The Labute approximate surface area is 222 Å². The summed E-state index contributed by atoms with van der Waals surface area (Å²) in [4.78, 5) is 25.0. The zero-order valence-electron chi connectivity index (χ0n) is 21.6. The second kappa shape index (κ2) is 10.7. The van der Waals surface area contributed by atoms with Gasteiger partial charge >= 0.3 is 12.3 Å². The third-order valence-electron chi connectivity index (χ3n) is 6.33. The first-order valence-corrected chi connectivity index (χ1v) is 11.9. The molecule has 1 N–H and O–H groups in total. The SMILES string of the molecule is COc1ccc(C(=O)c2c(C)n(Cc3cccc(OC(C)C(=O)O)c3)c3cc(OC(F)(F)F)ccc23)c(C)c1. The normalized spacial score (nSPS) is 12.3. The van der Waals surface area contributed by atoms with E-state index in [4.69, 9.17) is 14.6 Å². The number of halogens is 3. The summed E-state index contributed by atoms with van der Waals surface area (Å²) in [6, 6.07) is 15.7. The molecule has 0 saturated carbocycles. The Kier molecular flexibility index (Phi) is 7.58. The van der Waals surface area contributed by atoms with Crippen molar-refractivity contribution in [2.75, 3.05) is 7.11 Å². The number of rotatable bonds is 9. The maximum Gasteiger partial charge on any atom is 0.573 e. The van der Waals surface area contributed by atoms with Crippen LogP contribution in [0, 0.1) is 13.8 Å². The maximum atomic E-state index is 13.8. The standard InChI is InChI=1S/C29H26F3NO6/c1-16-12-20(37-4)8-10-23(16)27(34)26-17(2)33(25-14-22(9-11-24(25)26)39-29(30,31)32)15-19-6-5-7-21(13-19)38-18(3)28(35)36/h5-14,18H,15H2,1-4H3,(H,35,36). The van der Waals surface area contributed by atoms with Crippen molar-refractivity contribution in [2.45, 2.75) is 39.8 Å². The maximum absolute atomic E-state index is 13.8. The van der Waals surface area contributed by atoms with Crippen molar-refractivity contribution in [3.63, 3.8) is 0 Å². The number of nitrogens with zero attached hydrogens (tertiary/aromatic N) is 1. The van der Waals surface area contributed by atoms with Gasteiger partial charge in [-0.15, -0.1) is 13.2 Å². The molecule has 0 saturated heterocycles. The van der Waals surface area contributed by atoms with Gasteiger partial charge in [-0.2, -0.15) is 0 Å². The molecule has 0 fully saturated rings. The van der Waals surface area contributed by atoms with Gasteiger partial charge in [-0.3, -0.25) is 4.79 Å². The van der Waals surface area contributed by atoms with E-state index in [1.165, 1.54) is 32.2 Å². The molecule has 1 atom stereocenters. The van der Waals surface area contributed by atoms with E-state index in [2.05, 4.69) is 4.74 Å². The van der Waals surface area contributed by atoms with E-state index in [1.807, 2.05) is 0 Å². The predicted octanol–water partition coefficient (Wildman–Crippen LogP) is 6.30. The van der Waals surface area contributed by atoms with E-state index in [-0.39, 0.29) is 12.3 Å². The van der Waals surface area contributed by atoms with Crippen molar-refractivity contribution in [3.05, 3.63) is 88.6 Å². The molecule has 4 rings (SSSR count). The highest BCUT2D eigenvalue weighted by Crippen LogP contribution is 2.34. The number of aryl methyl sites for hydroxylation is 1. The second-order valence-electron chi connectivity index (χ2n) is 9.03. The van der Waals surface area contributed by atoms with Crippen molar-refractivity contribution >= 4 is 22.7 Å². The van der Waals surface area contributed by atoms with Crippen molar-refractivity contribution < 1.29 is 42.1 Å². The number of hydrogen-bond donors (Lipinski definition) is 1. The molecule has 3 aromatic carbocycles. The van der Waals surface area contributed by atoms with Crippen LogP contribution in [0.4, 0.5) is 13.2 Å². The Morgan fingerprint density at radius 2 is 1.69 bits per heavy atom. The van der Waals surface area contributed by atoms with Crippen LogP contribution in [0.2, 0.25) is 0 Å². The molecule has 0 radical (unpaired) electrons. The number of methoxy groups -OCH3 is 1. The van der Waals surface area contributed by atoms with Crippen LogP contribution >= 0.6 is 0 Å². The fourth-order valence-electron chi connectivity index (χ4n) is 4.45. The number of carbonyl (C=O) groups is 2. The van der Waals surface area contributed by atoms with E-state index in [0.717, 1.165) is 0 Å². The van der Waals surface area contributed by atoms with Gasteiger partial charge in [-0.05, 0) is 74.4 Å². The number of ether oxygens (including phenoxy) is 3. The highest BCUT2D eigenvalue weighted by atomic mass is 19.4. The molecule has 39 heavy (non-hydrogen) atoms. The van der Waals surface area contributed by atoms with Gasteiger partial charge in [0.15, 0.2) is 11.9 Å². The summed E-state index contributed by atoms with van der Waals surface area (Å²) in [6.45, 7) is 5.08. The molecule has 10 heteroatoms. The third kappa shape index (κ3) is 6.00. The monoisotopic (exact) mass is 541 g/mol. The van der Waals surface area contributed by atoms with Crippen molar-refractivity contribution in [1.29, 1.82) is 0 Å². The van der Waals surface area contributed by atoms with Crippen LogP contribution < -0.4 is 14.2 Å². The highest BCUT2D eigenvalue weighted by molar-refractivity contribution is 6.18. The Morgan fingerprint density at radius 1 is 0.974 bits per heavy atom. The van der Waals surface area contributed by atoms with Crippen LogP contribution in [0.15, 0.2) is 60.7 Å². The van der Waals surface area contributed by atoms with Crippen molar-refractivity contribution in [2.24, 2.45) is 0 Å². The lowest BCUT2D eigenvalue weighted by atomic mass is 9.97. The largest absolute Gasteiger partial charge is 0.573 e. The minimum absolute atomic E-state index is 0.172. The molecule has 1 aromatic heterocycles. The lowest BCUT2D eigenvalue weighted by Crippen LogP contribution is -2.22. The van der Waals surface area contributed by atoms with Gasteiger partial charge in [0.05, 0.1) is 18.2 Å². The zero-order valence-corrected chi connectivity index (χ0v) is 21.6. The van der Waals surface area contributed by atoms with Gasteiger partial charge in [0.1, 0.15) is 17.2 Å². The molecule has 7 nitrogen and oxygen atoms in total. The molecule has 204 valence electrons. The molecule has 1 unspecified atom stereocenters. The number of alkyl halides is 3. The van der Waals surface area contributed by atoms with E-state index in [1.54, 1.807) is 60.9 Å². The van der Waals surface area contributed by atoms with E-state index < -0.39 is 24.2 Å². The Morgan fingerprint density at radius 3 is 2.33 bits per heavy atom. The van der Waals surface area contributed by atoms with E-state index >= 15 is 0 Å². The summed E-state index contributed by atoms with van der Waals surface area (Å²) in [5.74, 6) is -0.907. The first-order valence-electron chi connectivity index (χ1n) is 11.9. The van der Waals surface area contributed by atoms with Crippen LogP contribution in [0.25, 0.3) is 10.9 Å². The van der Waals surface area contributed by atoms with Gasteiger partial charge in [0.2, 0.25) is 0 Å². The summed E-state index contributed by atoms with van der Waals surface area (Å²) >= 11 is 0. The summed E-state index contributed by atoms with van der Waals surface area (Å²) in [5, 5.41) is 9.61. The smallest absolute Gasteiger partial charge is 0.497 e. The summed E-state index contributed by atoms with van der Waals surface area (Å²) in [7, 11) is 1.52. The molecule has 0 aliphatic heterocycles. The average Bonchev–Trinajstić information content (AvgIpc) is 3.13. The van der Waals surface area contributed by atoms with Crippen molar-refractivity contribution in [1.82, 2.24) is 4.57 Å². The van der Waals surface area contributed by atoms with Gasteiger partial charge in [-0.1, -0.05) is 12.1 Å². The van der Waals surface area contributed by atoms with Gasteiger partial charge < -0.3 is 23.9 Å². The first kappa shape index (κ1) is 27.6. The third-order valence-corrected chi connectivity index (χ3v) is 6.33. The van der Waals surface area contributed by atoms with Crippen LogP contribution in [0.5, 0.6) is 17.2 Å². The zero-order chi connectivity index (χ0) is 28.5. The molecule has 0 aliphatic rings. The Hall–Kier alpha value is -4.47. The topological polar surface area (TPSA) is 87.0 Å². The van der Waals surface area contributed by atoms with Crippen LogP contribution in [-0.2, 0) is 11.3 Å². The van der Waals surface area contributed by atoms with Crippen molar-refractivity contribution in [3.8, 4) is 17.2 Å². The van der Waals surface area contributed by atoms with Crippen LogP contribution in [0.3, 0.4) is 0 Å². The fraction of sp³-hybridized carbons (Fsp3) is 0.241. The molecule has 4 aromatic rings. The molecular weight excluding hydrogens is 515 g/mol. The van der Waals surface area contributed by atoms with E-state index in [0.29, 0.717) is 50.3 Å². The molecular formula is C29H26F3NO6. The molecule has 0 aliphatic carbocycles. The Balaban J connectivity index is 1.83. The van der Waals surface area contributed by atoms with Gasteiger partial charge in [0, 0.05) is 29.3 Å². The second-order valence-corrected chi connectivity index (χ2v) is 9.03. The van der Waals surface area contributed by atoms with E-state index in [9.17, 15) is 22.8 Å². The van der Waals surface area contributed by atoms with Crippen LogP contribution in [-0.4, -0.2) is 41.0 Å². The number of hydrogen-bond acceptors (Lipinski definition) is 5. The predicted molar refractivity (Wildman–Crippen MR) is 138 cm³/mol. The number of carbonyl (C=O) groups excluding carboxylic acids is 1. The average molecular weight is 542 g/mol. The van der Waals surface area contributed by atoms with Gasteiger partial charge in [0.25, 0.3) is 0 Å². The summed E-state index contributed by atoms with van der Waals surface area (Å²) in [6.07, 6.45) is -5.96. The summed E-state index contributed by atoms with van der Waals surface area (Å²) in [5.41, 5.74) is 3.07. The quantitative estimate of drug-likeness (QED) is 0.251. The number of aromatic nitrogens is 1. The fourth-order valence-corrected chi connectivity index (χ4v) is 4.45. The Bertz CT molecular complexity index is 1560. The number of aliphatic carboxylic acids is 1. The number of carboxylic acids is 1.